The molecule has 9 aromatic carbocycles. The van der Waals surface area contributed by atoms with Crippen molar-refractivity contribution >= 4 is 10.8 Å². The van der Waals surface area contributed by atoms with Crippen molar-refractivity contribution in [2.75, 3.05) is 0 Å². The zero-order chi connectivity index (χ0) is 35.4. The van der Waals surface area contributed by atoms with Gasteiger partial charge < -0.3 is 0 Å². The summed E-state index contributed by atoms with van der Waals surface area (Å²) in [7, 11) is 0. The fourth-order valence-electron chi connectivity index (χ4n) is 10.7. The van der Waals surface area contributed by atoms with Crippen LogP contribution in [0.15, 0.2) is 206 Å². The summed E-state index contributed by atoms with van der Waals surface area (Å²) >= 11 is 0. The highest BCUT2D eigenvalue weighted by atomic mass is 14.6. The molecular formula is C54H34. The van der Waals surface area contributed by atoms with E-state index in [0.717, 1.165) is 0 Å². The van der Waals surface area contributed by atoms with E-state index in [-0.39, 0.29) is 0 Å². The summed E-state index contributed by atoms with van der Waals surface area (Å²) in [5.74, 6) is 0. The first-order valence-electron chi connectivity index (χ1n) is 19.0. The van der Waals surface area contributed by atoms with E-state index in [0.29, 0.717) is 0 Å². The standard InChI is InChI=1S/C54H34/c1-2-15-38-34-39(33-30-35(38)14-1)36-28-31-37(32-29-36)40-20-13-27-51-52(40)54(47-23-9-5-18-43(47)44-19-6-10-24-48(44)54)50-26-12-11-25-49(50)53(51)45-21-7-3-16-41(45)42-17-4-8-22-46(42)53/h1-34H. The lowest BCUT2D eigenvalue weighted by Gasteiger charge is -2.49. The van der Waals surface area contributed by atoms with E-state index >= 15 is 0 Å². The molecule has 0 heteroatoms. The number of hydrogen-bond donors (Lipinski definition) is 0. The molecule has 0 heterocycles. The summed E-state index contributed by atoms with van der Waals surface area (Å²) in [6.07, 6.45) is 0. The molecule has 0 amide bonds. The third kappa shape index (κ3) is 3.63. The summed E-state index contributed by atoms with van der Waals surface area (Å²) < 4.78 is 0. The Labute approximate surface area is 315 Å². The average Bonchev–Trinajstić information content (AvgIpc) is 3.71. The molecule has 9 aromatic rings. The number of fused-ring (bicyclic) bond motifs is 17. The lowest BCUT2D eigenvalue weighted by atomic mass is 9.51. The molecule has 250 valence electrons. The van der Waals surface area contributed by atoms with Crippen LogP contribution >= 0.6 is 0 Å². The lowest BCUT2D eigenvalue weighted by molar-refractivity contribution is 0.634. The van der Waals surface area contributed by atoms with E-state index in [1.807, 2.05) is 0 Å². The Hall–Kier alpha value is -6.76. The molecule has 0 N–H and O–H groups in total. The molecule has 2 spiro atoms. The van der Waals surface area contributed by atoms with Crippen molar-refractivity contribution in [2.45, 2.75) is 10.8 Å². The van der Waals surface area contributed by atoms with Gasteiger partial charge in [0, 0.05) is 0 Å². The van der Waals surface area contributed by atoms with Gasteiger partial charge in [-0.15, -0.1) is 0 Å². The van der Waals surface area contributed by atoms with Crippen LogP contribution in [0.1, 0.15) is 44.5 Å². The number of hydrogen-bond acceptors (Lipinski definition) is 0. The van der Waals surface area contributed by atoms with E-state index in [4.69, 9.17) is 0 Å². The van der Waals surface area contributed by atoms with Crippen molar-refractivity contribution in [3.63, 3.8) is 0 Å². The van der Waals surface area contributed by atoms with E-state index in [2.05, 4.69) is 206 Å². The maximum atomic E-state index is 2.45. The van der Waals surface area contributed by atoms with Crippen molar-refractivity contribution in [1.82, 2.24) is 0 Å². The van der Waals surface area contributed by atoms with Crippen LogP contribution in [0.25, 0.3) is 55.3 Å². The van der Waals surface area contributed by atoms with Crippen LogP contribution in [0.3, 0.4) is 0 Å². The molecule has 54 heavy (non-hydrogen) atoms. The van der Waals surface area contributed by atoms with Gasteiger partial charge in [-0.2, -0.15) is 0 Å². The van der Waals surface area contributed by atoms with Gasteiger partial charge in [-0.1, -0.05) is 200 Å². The maximum absolute atomic E-state index is 2.45. The minimum absolute atomic E-state index is 0.488. The van der Waals surface area contributed by atoms with E-state index in [1.165, 1.54) is 99.8 Å². The predicted molar refractivity (Wildman–Crippen MR) is 223 cm³/mol. The molecule has 0 nitrogen and oxygen atoms in total. The van der Waals surface area contributed by atoms with Crippen molar-refractivity contribution in [1.29, 1.82) is 0 Å². The van der Waals surface area contributed by atoms with Crippen LogP contribution in [0.4, 0.5) is 0 Å². The van der Waals surface area contributed by atoms with Gasteiger partial charge in [-0.05, 0) is 106 Å². The van der Waals surface area contributed by atoms with Gasteiger partial charge in [0.2, 0.25) is 0 Å². The Morgan fingerprint density at radius 1 is 0.222 bits per heavy atom. The minimum Gasteiger partial charge on any atom is -0.0619 e. The second kappa shape index (κ2) is 10.9. The van der Waals surface area contributed by atoms with Crippen molar-refractivity contribution in [3.8, 4) is 44.5 Å². The van der Waals surface area contributed by atoms with E-state index in [1.54, 1.807) is 0 Å². The zero-order valence-corrected chi connectivity index (χ0v) is 29.6. The van der Waals surface area contributed by atoms with Crippen molar-refractivity contribution < 1.29 is 0 Å². The summed E-state index contributed by atoms with van der Waals surface area (Å²) in [6.45, 7) is 0. The Kier molecular flexibility index (Phi) is 6.00. The van der Waals surface area contributed by atoms with Crippen LogP contribution in [-0.2, 0) is 10.8 Å². The molecule has 0 fully saturated rings. The summed E-state index contributed by atoms with van der Waals surface area (Å²) in [4.78, 5) is 0. The van der Waals surface area contributed by atoms with Crippen molar-refractivity contribution in [2.24, 2.45) is 0 Å². The molecule has 3 aliphatic carbocycles. The van der Waals surface area contributed by atoms with Crippen LogP contribution in [0, 0.1) is 0 Å². The SMILES string of the molecule is c1ccc2c(c1)-c1ccccc1C21c2ccccc2C2(c3ccccc3-c3ccccc32)c2c(-c3ccc(-c4ccc5ccccc5c4)cc3)cccc21. The largest absolute Gasteiger partial charge is 0.0725 e. The highest BCUT2D eigenvalue weighted by Crippen LogP contribution is 2.68. The second-order valence-corrected chi connectivity index (χ2v) is 15.1. The monoisotopic (exact) mass is 682 g/mol. The molecule has 0 unspecified atom stereocenters. The highest BCUT2D eigenvalue weighted by Gasteiger charge is 2.59. The average molecular weight is 683 g/mol. The molecule has 0 bridgehead atoms. The lowest BCUT2D eigenvalue weighted by Crippen LogP contribution is -2.44. The van der Waals surface area contributed by atoms with Gasteiger partial charge in [0.15, 0.2) is 0 Å². The van der Waals surface area contributed by atoms with Crippen LogP contribution in [0.2, 0.25) is 0 Å². The van der Waals surface area contributed by atoms with Crippen LogP contribution < -0.4 is 0 Å². The topological polar surface area (TPSA) is 0 Å². The van der Waals surface area contributed by atoms with E-state index in [9.17, 15) is 0 Å². The first kappa shape index (κ1) is 29.8. The molecule has 0 radical (unpaired) electrons. The Balaban J connectivity index is 1.21. The molecule has 3 aliphatic rings. The molecule has 0 saturated heterocycles. The predicted octanol–water partition coefficient (Wildman–Crippen LogP) is 13.2. The normalized spacial score (nSPS) is 14.6. The summed E-state index contributed by atoms with van der Waals surface area (Å²) in [6, 6.07) is 77.8. The molecule has 12 rings (SSSR count). The van der Waals surface area contributed by atoms with Crippen molar-refractivity contribution in [3.05, 3.63) is 251 Å². The summed E-state index contributed by atoms with van der Waals surface area (Å²) in [5.41, 5.74) is 20.1. The smallest absolute Gasteiger partial charge is 0.0619 e. The third-order valence-corrected chi connectivity index (χ3v) is 12.8. The maximum Gasteiger partial charge on any atom is 0.0725 e. The fourth-order valence-corrected chi connectivity index (χ4v) is 10.7. The van der Waals surface area contributed by atoms with Gasteiger partial charge in [0.1, 0.15) is 0 Å². The Morgan fingerprint density at radius 3 is 1.19 bits per heavy atom. The first-order chi connectivity index (χ1) is 26.8. The van der Waals surface area contributed by atoms with Gasteiger partial charge in [0.25, 0.3) is 0 Å². The Bertz CT molecular complexity index is 2900. The number of rotatable bonds is 2. The molecule has 0 aromatic heterocycles. The third-order valence-electron chi connectivity index (χ3n) is 12.8. The van der Waals surface area contributed by atoms with Gasteiger partial charge in [-0.3, -0.25) is 0 Å². The van der Waals surface area contributed by atoms with Gasteiger partial charge in [-0.25, -0.2) is 0 Å². The van der Waals surface area contributed by atoms with Crippen LogP contribution in [-0.4, -0.2) is 0 Å². The minimum atomic E-state index is -0.523. The zero-order valence-electron chi connectivity index (χ0n) is 29.6. The fraction of sp³-hybridized carbons (Fsp3) is 0.0370. The first-order valence-corrected chi connectivity index (χ1v) is 19.0. The molecule has 0 atom stereocenters. The highest BCUT2D eigenvalue weighted by molar-refractivity contribution is 5.96. The quantitative estimate of drug-likeness (QED) is 0.170. The van der Waals surface area contributed by atoms with E-state index < -0.39 is 10.8 Å². The van der Waals surface area contributed by atoms with Crippen LogP contribution in [0.5, 0.6) is 0 Å². The summed E-state index contributed by atoms with van der Waals surface area (Å²) in [5, 5.41) is 2.53. The Morgan fingerprint density at radius 2 is 0.611 bits per heavy atom. The molecule has 0 aliphatic heterocycles. The molecular weight excluding hydrogens is 649 g/mol. The number of benzene rings is 9. The molecule has 0 saturated carbocycles. The van der Waals surface area contributed by atoms with Gasteiger partial charge in [0.05, 0.1) is 10.8 Å². The van der Waals surface area contributed by atoms with Gasteiger partial charge >= 0.3 is 0 Å². The second-order valence-electron chi connectivity index (χ2n) is 15.1.